The summed E-state index contributed by atoms with van der Waals surface area (Å²) in [6.07, 6.45) is 4.73. The number of anilines is 1. The number of aromatic nitrogens is 1. The van der Waals surface area contributed by atoms with E-state index in [1.807, 2.05) is 30.3 Å². The largest absolute Gasteiger partial charge is 0.491 e. The highest BCUT2D eigenvalue weighted by molar-refractivity contribution is 5.89. The van der Waals surface area contributed by atoms with Crippen LogP contribution in [0.25, 0.3) is 0 Å². The molecule has 2 aliphatic heterocycles. The van der Waals surface area contributed by atoms with Gasteiger partial charge < -0.3 is 30.1 Å². The van der Waals surface area contributed by atoms with Gasteiger partial charge in [-0.2, -0.15) is 0 Å². The quantitative estimate of drug-likeness (QED) is 0.184. The van der Waals surface area contributed by atoms with Crippen LogP contribution in [0.2, 0.25) is 0 Å². The van der Waals surface area contributed by atoms with Crippen molar-refractivity contribution in [3.05, 3.63) is 65.4 Å². The van der Waals surface area contributed by atoms with Gasteiger partial charge in [-0.1, -0.05) is 18.2 Å². The summed E-state index contributed by atoms with van der Waals surface area (Å²) in [7, 11) is 1.62. The Morgan fingerprint density at radius 3 is 2.60 bits per heavy atom. The lowest BCUT2D eigenvalue weighted by molar-refractivity contribution is -0.137. The third kappa shape index (κ3) is 11.6. The molecule has 0 aliphatic carbocycles. The van der Waals surface area contributed by atoms with Gasteiger partial charge in [0.05, 0.1) is 13.0 Å². The number of likely N-dealkylation sites (tertiary alicyclic amines) is 1. The maximum atomic E-state index is 15.7. The molecular weight excluding hydrogens is 561 g/mol. The Kier molecular flexibility index (Phi) is 12.9. The second-order valence-electron chi connectivity index (χ2n) is 10.7. The zero-order valence-electron chi connectivity index (χ0n) is 24.3. The summed E-state index contributed by atoms with van der Waals surface area (Å²) in [4.78, 5) is 37.5. The number of alkyl halides is 1. The van der Waals surface area contributed by atoms with E-state index in [9.17, 15) is 19.5 Å². The fourth-order valence-corrected chi connectivity index (χ4v) is 5.19. The summed E-state index contributed by atoms with van der Waals surface area (Å²) in [5.41, 5.74) is 1.76. The van der Waals surface area contributed by atoms with E-state index >= 15 is 4.39 Å². The number of rotatable bonds is 14. The van der Waals surface area contributed by atoms with Gasteiger partial charge in [0.25, 0.3) is 0 Å². The minimum Gasteiger partial charge on any atom is -0.491 e. The van der Waals surface area contributed by atoms with Gasteiger partial charge >= 0.3 is 17.9 Å². The van der Waals surface area contributed by atoms with Gasteiger partial charge in [0.15, 0.2) is 0 Å². The molecular formula is C31H40FN3O8. The number of pyridine rings is 1. The van der Waals surface area contributed by atoms with Crippen LogP contribution in [0.5, 0.6) is 5.75 Å². The van der Waals surface area contributed by atoms with E-state index in [0.29, 0.717) is 70.0 Å². The van der Waals surface area contributed by atoms with E-state index in [2.05, 4.69) is 16.3 Å². The first-order valence-electron chi connectivity index (χ1n) is 14.3. The number of nitrogens with zero attached hydrogens (tertiary/aromatic N) is 2. The number of nitrogens with one attached hydrogen (secondary N) is 1. The predicted molar refractivity (Wildman–Crippen MR) is 157 cm³/mol. The van der Waals surface area contributed by atoms with Crippen molar-refractivity contribution in [1.82, 2.24) is 9.88 Å². The number of carboxylic acid groups (broad SMARTS) is 3. The minimum absolute atomic E-state index is 0.0106. The molecule has 11 nitrogen and oxygen atoms in total. The molecule has 4 rings (SSSR count). The van der Waals surface area contributed by atoms with E-state index in [4.69, 9.17) is 24.7 Å². The summed E-state index contributed by atoms with van der Waals surface area (Å²) in [6.45, 7) is 3.28. The Balaban J connectivity index is 0.000000557. The Labute approximate surface area is 250 Å². The highest BCUT2D eigenvalue weighted by atomic mass is 19.1. The highest BCUT2D eigenvalue weighted by Crippen LogP contribution is 2.33. The molecule has 2 aromatic rings. The molecule has 4 N–H and O–H groups in total. The van der Waals surface area contributed by atoms with E-state index in [1.54, 1.807) is 7.11 Å². The molecule has 234 valence electrons. The van der Waals surface area contributed by atoms with Crippen LogP contribution < -0.4 is 10.1 Å². The second-order valence-corrected chi connectivity index (χ2v) is 10.7. The van der Waals surface area contributed by atoms with Crippen LogP contribution in [-0.2, 0) is 32.0 Å². The predicted octanol–water partition coefficient (Wildman–Crippen LogP) is 3.78. The molecule has 2 aliphatic rings. The number of hydrogen-bond donors (Lipinski definition) is 4. The summed E-state index contributed by atoms with van der Waals surface area (Å²) in [6, 6.07) is 11.7. The zero-order chi connectivity index (χ0) is 31.2. The van der Waals surface area contributed by atoms with Gasteiger partial charge in [-0.05, 0) is 61.4 Å². The average molecular weight is 602 g/mol. The van der Waals surface area contributed by atoms with Crippen molar-refractivity contribution in [3.8, 4) is 5.75 Å². The number of ether oxygens (including phenoxy) is 2. The number of benzene rings is 1. The van der Waals surface area contributed by atoms with Crippen LogP contribution in [0.3, 0.4) is 0 Å². The van der Waals surface area contributed by atoms with Crippen molar-refractivity contribution in [3.63, 3.8) is 0 Å². The molecule has 0 amide bonds. The standard InChI is InChI=1S/C27H36FN3O4.C4H4O4/c1-34-14-15-35-24-6-2-4-21(16-24)22(17-25(32)33)18-31-13-11-27(28,19-31)10-9-23-8-7-20-5-3-12-29-26(20)30-23;5-3(6)1-2-4(7)8/h2,4,6-8,16,22H,3,5,9-15,17-19H2,1H3,(H,29,30)(H,32,33);1-2H,(H,5,6)(H,7,8)/b;2-1-/t22?,27-;/m0./s1. The van der Waals surface area contributed by atoms with Crippen molar-refractivity contribution in [2.24, 2.45) is 0 Å². The summed E-state index contributed by atoms with van der Waals surface area (Å²) >= 11 is 0. The molecule has 0 spiro atoms. The lowest BCUT2D eigenvalue weighted by atomic mass is 9.94. The first-order chi connectivity index (χ1) is 20.6. The monoisotopic (exact) mass is 601 g/mol. The normalized spacial score (nSPS) is 18.7. The Morgan fingerprint density at radius 2 is 1.91 bits per heavy atom. The first kappa shape index (κ1) is 33.5. The maximum absolute atomic E-state index is 15.7. The SMILES string of the molecule is COCCOc1cccc(C(CC(=O)O)CN2CC[C@@](F)(CCc3ccc4c(n3)NCCC4)C2)c1.O=C(O)/C=C\C(=O)O. The number of methoxy groups -OCH3 is 1. The number of carbonyl (C=O) groups is 3. The van der Waals surface area contributed by atoms with Crippen molar-refractivity contribution in [2.75, 3.05) is 51.8 Å². The molecule has 0 bridgehead atoms. The molecule has 2 atom stereocenters. The van der Waals surface area contributed by atoms with Crippen molar-refractivity contribution >= 4 is 23.7 Å². The minimum atomic E-state index is -1.29. The Bertz CT molecular complexity index is 1260. The van der Waals surface area contributed by atoms with Crippen molar-refractivity contribution in [1.29, 1.82) is 0 Å². The number of aryl methyl sites for hydroxylation is 2. The van der Waals surface area contributed by atoms with Gasteiger partial charge in [0.2, 0.25) is 0 Å². The van der Waals surface area contributed by atoms with Gasteiger partial charge in [-0.15, -0.1) is 0 Å². The lowest BCUT2D eigenvalue weighted by Crippen LogP contribution is -2.32. The van der Waals surface area contributed by atoms with E-state index in [1.165, 1.54) is 5.56 Å². The van der Waals surface area contributed by atoms with Crippen molar-refractivity contribution in [2.45, 2.75) is 50.1 Å². The molecule has 1 aromatic carbocycles. The molecule has 1 saturated heterocycles. The molecule has 12 heteroatoms. The molecule has 0 radical (unpaired) electrons. The van der Waals surface area contributed by atoms with Crippen LogP contribution in [0.4, 0.5) is 10.2 Å². The molecule has 3 heterocycles. The topological polar surface area (TPSA) is 159 Å². The van der Waals surface area contributed by atoms with Crippen LogP contribution in [0.1, 0.15) is 48.4 Å². The van der Waals surface area contributed by atoms with E-state index in [0.717, 1.165) is 36.5 Å². The van der Waals surface area contributed by atoms with E-state index in [-0.39, 0.29) is 12.3 Å². The first-order valence-corrected chi connectivity index (χ1v) is 14.3. The Hall–Kier alpha value is -4.03. The van der Waals surface area contributed by atoms with Crippen LogP contribution in [-0.4, -0.2) is 95.3 Å². The molecule has 43 heavy (non-hydrogen) atoms. The number of aliphatic carboxylic acids is 3. The molecule has 1 unspecified atom stereocenters. The van der Waals surface area contributed by atoms with Gasteiger partial charge in [0, 0.05) is 57.1 Å². The number of hydrogen-bond acceptors (Lipinski definition) is 8. The second kappa shape index (κ2) is 16.6. The molecule has 1 aromatic heterocycles. The maximum Gasteiger partial charge on any atom is 0.328 e. The van der Waals surface area contributed by atoms with Gasteiger partial charge in [-0.25, -0.2) is 19.0 Å². The smallest absolute Gasteiger partial charge is 0.328 e. The van der Waals surface area contributed by atoms with E-state index < -0.39 is 23.6 Å². The van der Waals surface area contributed by atoms with Crippen LogP contribution in [0.15, 0.2) is 48.6 Å². The third-order valence-electron chi connectivity index (χ3n) is 7.32. The average Bonchev–Trinajstić information content (AvgIpc) is 3.35. The fraction of sp³-hybridized carbons (Fsp3) is 0.484. The summed E-state index contributed by atoms with van der Waals surface area (Å²) in [5, 5.41) is 28.5. The van der Waals surface area contributed by atoms with Gasteiger partial charge in [-0.3, -0.25) is 9.69 Å². The number of halogens is 1. The highest BCUT2D eigenvalue weighted by Gasteiger charge is 2.39. The van der Waals surface area contributed by atoms with Gasteiger partial charge in [0.1, 0.15) is 23.8 Å². The van der Waals surface area contributed by atoms with Crippen LogP contribution >= 0.6 is 0 Å². The summed E-state index contributed by atoms with van der Waals surface area (Å²) < 4.78 is 26.4. The molecule has 1 fully saturated rings. The zero-order valence-corrected chi connectivity index (χ0v) is 24.3. The summed E-state index contributed by atoms with van der Waals surface area (Å²) in [5.74, 6) is -1.99. The lowest BCUT2D eigenvalue weighted by Gasteiger charge is -2.25. The van der Waals surface area contributed by atoms with Crippen molar-refractivity contribution < 1.29 is 43.6 Å². The van der Waals surface area contributed by atoms with Crippen LogP contribution in [0, 0.1) is 0 Å². The third-order valence-corrected chi connectivity index (χ3v) is 7.32. The molecule has 0 saturated carbocycles. The Morgan fingerprint density at radius 1 is 1.14 bits per heavy atom. The fourth-order valence-electron chi connectivity index (χ4n) is 5.19. The number of carboxylic acids is 3. The number of fused-ring (bicyclic) bond motifs is 1.